The van der Waals surface area contributed by atoms with Gasteiger partial charge < -0.3 is 15.2 Å². The van der Waals surface area contributed by atoms with Crippen molar-refractivity contribution >= 4 is 35.1 Å². The number of rotatable bonds is 6. The molecule has 0 aliphatic rings. The van der Waals surface area contributed by atoms with E-state index in [-0.39, 0.29) is 5.02 Å². The van der Waals surface area contributed by atoms with Crippen molar-refractivity contribution in [1.29, 1.82) is 0 Å². The topological polar surface area (TPSA) is 75.6 Å². The number of nitrogens with one attached hydrogen (secondary N) is 1. The molecule has 116 valence electrons. The number of hydrogen-bond donors (Lipinski definition) is 2. The van der Waals surface area contributed by atoms with Crippen LogP contribution in [0.5, 0.6) is 0 Å². The Morgan fingerprint density at radius 1 is 1.38 bits per heavy atom. The summed E-state index contributed by atoms with van der Waals surface area (Å²) in [7, 11) is 0. The summed E-state index contributed by atoms with van der Waals surface area (Å²) >= 11 is 11.7. The van der Waals surface area contributed by atoms with E-state index in [9.17, 15) is 14.7 Å². The first-order valence-corrected chi connectivity index (χ1v) is 7.10. The molecule has 1 aromatic rings. The standard InChI is InChI=1S/C14H17Cl2NO4/c1-4-21-8(2)12(18)17-14(3,13(19)20)9-5-6-10(15)11(16)7-9/h5-8H,4H2,1-3H3,(H,17,18)(H,19,20). The first-order valence-electron chi connectivity index (χ1n) is 6.35. The molecule has 5 nitrogen and oxygen atoms in total. The number of carboxylic acid groups (broad SMARTS) is 1. The number of carbonyl (C=O) groups is 2. The molecule has 0 spiro atoms. The largest absolute Gasteiger partial charge is 0.479 e. The highest BCUT2D eigenvalue weighted by Gasteiger charge is 2.38. The molecule has 21 heavy (non-hydrogen) atoms. The zero-order valence-corrected chi connectivity index (χ0v) is 13.5. The summed E-state index contributed by atoms with van der Waals surface area (Å²) < 4.78 is 5.16. The molecule has 0 saturated carbocycles. The average molecular weight is 334 g/mol. The van der Waals surface area contributed by atoms with Crippen LogP contribution < -0.4 is 5.32 Å². The third-order valence-electron chi connectivity index (χ3n) is 3.08. The number of carbonyl (C=O) groups excluding carboxylic acids is 1. The molecular weight excluding hydrogens is 317 g/mol. The lowest BCUT2D eigenvalue weighted by molar-refractivity contribution is -0.149. The maximum absolute atomic E-state index is 12.0. The summed E-state index contributed by atoms with van der Waals surface area (Å²) in [5.74, 6) is -1.73. The van der Waals surface area contributed by atoms with E-state index >= 15 is 0 Å². The van der Waals surface area contributed by atoms with Crippen molar-refractivity contribution in [2.75, 3.05) is 6.61 Å². The van der Waals surface area contributed by atoms with Crippen molar-refractivity contribution in [2.45, 2.75) is 32.4 Å². The molecule has 1 rings (SSSR count). The van der Waals surface area contributed by atoms with Gasteiger partial charge in [-0.2, -0.15) is 0 Å². The Morgan fingerprint density at radius 3 is 2.48 bits per heavy atom. The van der Waals surface area contributed by atoms with Crippen LogP contribution in [0, 0.1) is 0 Å². The van der Waals surface area contributed by atoms with Gasteiger partial charge in [-0.15, -0.1) is 0 Å². The van der Waals surface area contributed by atoms with Crippen molar-refractivity contribution in [3.8, 4) is 0 Å². The molecular formula is C14H17Cl2NO4. The fraction of sp³-hybridized carbons (Fsp3) is 0.429. The zero-order chi connectivity index (χ0) is 16.2. The lowest BCUT2D eigenvalue weighted by Gasteiger charge is -2.28. The van der Waals surface area contributed by atoms with E-state index in [0.29, 0.717) is 17.2 Å². The third kappa shape index (κ3) is 4.09. The molecule has 0 aliphatic carbocycles. The van der Waals surface area contributed by atoms with Gasteiger partial charge in [-0.05, 0) is 38.5 Å². The Bertz CT molecular complexity index is 550. The number of aliphatic carboxylic acids is 1. The second-order valence-corrected chi connectivity index (χ2v) is 5.46. The molecule has 0 saturated heterocycles. The lowest BCUT2D eigenvalue weighted by Crippen LogP contribution is -2.52. The van der Waals surface area contributed by atoms with Gasteiger partial charge in [0, 0.05) is 6.61 Å². The van der Waals surface area contributed by atoms with Crippen LogP contribution in [0.3, 0.4) is 0 Å². The minimum atomic E-state index is -1.63. The number of amides is 1. The summed E-state index contributed by atoms with van der Waals surface area (Å²) in [5.41, 5.74) is -1.31. The van der Waals surface area contributed by atoms with Gasteiger partial charge in [0.05, 0.1) is 10.0 Å². The highest BCUT2D eigenvalue weighted by atomic mass is 35.5. The predicted octanol–water partition coefficient (Wildman–Crippen LogP) is 2.83. The first-order chi connectivity index (χ1) is 9.72. The van der Waals surface area contributed by atoms with Crippen LogP contribution in [-0.2, 0) is 19.9 Å². The van der Waals surface area contributed by atoms with Gasteiger partial charge in [-0.25, -0.2) is 4.79 Å². The van der Waals surface area contributed by atoms with Gasteiger partial charge in [0.2, 0.25) is 5.91 Å². The third-order valence-corrected chi connectivity index (χ3v) is 3.82. The van der Waals surface area contributed by atoms with Crippen LogP contribution in [0.4, 0.5) is 0 Å². The smallest absolute Gasteiger partial charge is 0.333 e. The fourth-order valence-corrected chi connectivity index (χ4v) is 2.03. The number of hydrogen-bond acceptors (Lipinski definition) is 3. The van der Waals surface area contributed by atoms with Gasteiger partial charge >= 0.3 is 5.97 Å². The monoisotopic (exact) mass is 333 g/mol. The quantitative estimate of drug-likeness (QED) is 0.839. The molecule has 0 fully saturated rings. The maximum Gasteiger partial charge on any atom is 0.333 e. The van der Waals surface area contributed by atoms with Crippen molar-refractivity contribution in [1.82, 2.24) is 5.32 Å². The summed E-state index contributed by atoms with van der Waals surface area (Å²) in [6, 6.07) is 4.41. The first kappa shape index (κ1) is 17.8. The molecule has 0 aliphatic heterocycles. The summed E-state index contributed by atoms with van der Waals surface area (Å²) in [6.07, 6.45) is -0.753. The molecule has 0 bridgehead atoms. The molecule has 2 N–H and O–H groups in total. The number of benzene rings is 1. The molecule has 7 heteroatoms. The minimum absolute atomic E-state index is 0.216. The lowest BCUT2D eigenvalue weighted by atomic mass is 9.91. The minimum Gasteiger partial charge on any atom is -0.479 e. The van der Waals surface area contributed by atoms with E-state index in [4.69, 9.17) is 27.9 Å². The van der Waals surface area contributed by atoms with E-state index in [1.54, 1.807) is 13.8 Å². The van der Waals surface area contributed by atoms with E-state index in [1.807, 2.05) is 0 Å². The SMILES string of the molecule is CCOC(C)C(=O)NC(C)(C(=O)O)c1ccc(Cl)c(Cl)c1. The average Bonchev–Trinajstić information content (AvgIpc) is 2.41. The highest BCUT2D eigenvalue weighted by molar-refractivity contribution is 6.42. The Morgan fingerprint density at radius 2 is 2.00 bits per heavy atom. The van der Waals surface area contributed by atoms with Gasteiger partial charge in [0.15, 0.2) is 5.54 Å². The van der Waals surface area contributed by atoms with E-state index in [0.717, 1.165) is 0 Å². The molecule has 1 aromatic carbocycles. The van der Waals surface area contributed by atoms with Crippen molar-refractivity contribution in [3.05, 3.63) is 33.8 Å². The highest BCUT2D eigenvalue weighted by Crippen LogP contribution is 2.29. The molecule has 0 heterocycles. The predicted molar refractivity (Wildman–Crippen MR) is 80.7 cm³/mol. The van der Waals surface area contributed by atoms with Crippen LogP contribution >= 0.6 is 23.2 Å². The second kappa shape index (κ2) is 7.11. The van der Waals surface area contributed by atoms with Crippen LogP contribution in [0.25, 0.3) is 0 Å². The Labute approximate surface area is 133 Å². The van der Waals surface area contributed by atoms with Crippen LogP contribution in [0.2, 0.25) is 10.0 Å². The van der Waals surface area contributed by atoms with Gasteiger partial charge in [0.25, 0.3) is 0 Å². The van der Waals surface area contributed by atoms with Crippen LogP contribution in [0.1, 0.15) is 26.3 Å². The van der Waals surface area contributed by atoms with E-state index in [1.165, 1.54) is 25.1 Å². The Balaban J connectivity index is 3.11. The molecule has 2 unspecified atom stereocenters. The van der Waals surface area contributed by atoms with E-state index in [2.05, 4.69) is 5.32 Å². The fourth-order valence-electron chi connectivity index (χ4n) is 1.73. The molecule has 0 radical (unpaired) electrons. The zero-order valence-electron chi connectivity index (χ0n) is 11.9. The molecule has 2 atom stereocenters. The Kier molecular flexibility index (Phi) is 6.01. The van der Waals surface area contributed by atoms with E-state index < -0.39 is 23.5 Å². The summed E-state index contributed by atoms with van der Waals surface area (Å²) in [6.45, 7) is 5.03. The summed E-state index contributed by atoms with van der Waals surface area (Å²) in [4.78, 5) is 23.6. The van der Waals surface area contributed by atoms with Crippen molar-refractivity contribution in [2.24, 2.45) is 0 Å². The Hall–Kier alpha value is -1.30. The maximum atomic E-state index is 12.0. The van der Waals surface area contributed by atoms with Gasteiger partial charge in [0.1, 0.15) is 6.10 Å². The number of ether oxygens (including phenoxy) is 1. The number of carboxylic acids is 1. The second-order valence-electron chi connectivity index (χ2n) is 4.65. The van der Waals surface area contributed by atoms with Crippen LogP contribution in [0.15, 0.2) is 18.2 Å². The number of halogens is 2. The molecule has 1 amide bonds. The molecule has 0 aromatic heterocycles. The van der Waals surface area contributed by atoms with Crippen molar-refractivity contribution < 1.29 is 19.4 Å². The van der Waals surface area contributed by atoms with Crippen LogP contribution in [-0.4, -0.2) is 29.7 Å². The summed E-state index contributed by atoms with van der Waals surface area (Å²) in [5, 5.41) is 12.5. The normalized spacial score (nSPS) is 15.1. The van der Waals surface area contributed by atoms with Gasteiger partial charge in [-0.1, -0.05) is 29.3 Å². The van der Waals surface area contributed by atoms with Crippen molar-refractivity contribution in [3.63, 3.8) is 0 Å². The van der Waals surface area contributed by atoms with Gasteiger partial charge in [-0.3, -0.25) is 4.79 Å².